The summed E-state index contributed by atoms with van der Waals surface area (Å²) in [7, 11) is 0. The second kappa shape index (κ2) is 2.42. The van der Waals surface area contributed by atoms with Gasteiger partial charge in [-0.25, -0.2) is 9.37 Å². The molecule has 0 saturated heterocycles. The fraction of sp³-hybridized carbons (Fsp3) is 0. The van der Waals surface area contributed by atoms with Crippen LogP contribution in [0.15, 0.2) is 12.3 Å². The Bertz CT molecular complexity index is 627. The first-order valence-electron chi connectivity index (χ1n) is 3.93. The lowest BCUT2D eigenvalue weighted by molar-refractivity contribution is 0.638. The normalized spacial score (nSPS) is 11.5. The van der Waals surface area contributed by atoms with E-state index in [9.17, 15) is 4.39 Å². The number of aromatic amines is 1. The lowest BCUT2D eigenvalue weighted by atomic mass is 10.2. The number of benzene rings is 1. The van der Waals surface area contributed by atoms with Crippen molar-refractivity contribution in [3.63, 3.8) is 0 Å². The van der Waals surface area contributed by atoms with Gasteiger partial charge in [0.2, 0.25) is 0 Å². The molecule has 0 saturated carbocycles. The van der Waals surface area contributed by atoms with E-state index in [1.165, 1.54) is 17.4 Å². The molecule has 0 atom stereocenters. The van der Waals surface area contributed by atoms with Gasteiger partial charge in [-0.15, -0.1) is 0 Å². The van der Waals surface area contributed by atoms with Crippen molar-refractivity contribution in [1.29, 1.82) is 0 Å². The minimum Gasteiger partial charge on any atom is -0.375 e. The molecule has 0 bridgehead atoms. The molecule has 2 aromatic heterocycles. The van der Waals surface area contributed by atoms with Gasteiger partial charge in [0.15, 0.2) is 10.9 Å². The first kappa shape index (κ1) is 7.69. The zero-order chi connectivity index (χ0) is 9.71. The molecule has 0 radical (unpaired) electrons. The van der Waals surface area contributed by atoms with E-state index in [1.54, 1.807) is 6.20 Å². The van der Waals surface area contributed by atoms with Crippen LogP contribution in [0.25, 0.3) is 21.1 Å². The molecule has 0 aliphatic carbocycles. The number of rotatable bonds is 0. The van der Waals surface area contributed by atoms with E-state index < -0.39 is 0 Å². The Hall–Kier alpha value is -1.69. The zero-order valence-electron chi connectivity index (χ0n) is 6.91. The Balaban J connectivity index is 2.65. The largest absolute Gasteiger partial charge is 0.375 e. The highest BCUT2D eigenvalue weighted by Gasteiger charge is 2.11. The van der Waals surface area contributed by atoms with Gasteiger partial charge in [-0.3, -0.25) is 5.10 Å². The van der Waals surface area contributed by atoms with Crippen molar-refractivity contribution in [2.24, 2.45) is 0 Å². The fourth-order valence-electron chi connectivity index (χ4n) is 1.46. The van der Waals surface area contributed by atoms with Gasteiger partial charge in [0.25, 0.3) is 0 Å². The number of hydrogen-bond acceptors (Lipinski definition) is 4. The second-order valence-corrected chi connectivity index (χ2v) is 3.95. The van der Waals surface area contributed by atoms with E-state index in [1.807, 2.05) is 0 Å². The summed E-state index contributed by atoms with van der Waals surface area (Å²) >= 11 is 1.27. The van der Waals surface area contributed by atoms with Crippen LogP contribution in [0.5, 0.6) is 0 Å². The molecule has 3 rings (SSSR count). The van der Waals surface area contributed by atoms with Crippen LogP contribution < -0.4 is 5.73 Å². The third-order valence-corrected chi connectivity index (χ3v) is 2.97. The van der Waals surface area contributed by atoms with Crippen LogP contribution in [0.1, 0.15) is 0 Å². The van der Waals surface area contributed by atoms with Gasteiger partial charge in [0.05, 0.1) is 16.4 Å². The average molecular weight is 208 g/mol. The Morgan fingerprint density at radius 2 is 2.36 bits per heavy atom. The van der Waals surface area contributed by atoms with Gasteiger partial charge in [-0.05, 0) is 0 Å². The van der Waals surface area contributed by atoms with Crippen LogP contribution in [-0.4, -0.2) is 15.2 Å². The molecule has 0 aliphatic rings. The summed E-state index contributed by atoms with van der Waals surface area (Å²) in [5, 5.41) is 7.78. The van der Waals surface area contributed by atoms with E-state index in [4.69, 9.17) is 5.73 Å². The van der Waals surface area contributed by atoms with Crippen molar-refractivity contribution in [2.45, 2.75) is 0 Å². The number of H-pyrrole nitrogens is 1. The molecule has 4 nitrogen and oxygen atoms in total. The number of nitrogens with two attached hydrogens (primary N) is 1. The highest BCUT2D eigenvalue weighted by molar-refractivity contribution is 7.23. The summed E-state index contributed by atoms with van der Waals surface area (Å²) in [6.45, 7) is 0. The maximum absolute atomic E-state index is 13.4. The predicted octanol–water partition coefficient (Wildman–Crippen LogP) is 1.89. The first-order chi connectivity index (χ1) is 6.75. The number of thiazole rings is 1. The van der Waals surface area contributed by atoms with Gasteiger partial charge in [-0.1, -0.05) is 11.3 Å². The van der Waals surface area contributed by atoms with E-state index >= 15 is 0 Å². The molecule has 1 aromatic carbocycles. The Morgan fingerprint density at radius 1 is 1.50 bits per heavy atom. The van der Waals surface area contributed by atoms with Gasteiger partial charge in [0.1, 0.15) is 5.52 Å². The molecule has 14 heavy (non-hydrogen) atoms. The van der Waals surface area contributed by atoms with Crippen LogP contribution in [0, 0.1) is 5.82 Å². The van der Waals surface area contributed by atoms with Crippen molar-refractivity contribution in [3.05, 3.63) is 18.1 Å². The molecular weight excluding hydrogens is 203 g/mol. The Labute approximate surface area is 81.6 Å². The first-order valence-corrected chi connectivity index (χ1v) is 4.75. The van der Waals surface area contributed by atoms with Gasteiger partial charge < -0.3 is 5.73 Å². The van der Waals surface area contributed by atoms with Crippen molar-refractivity contribution < 1.29 is 4.39 Å². The van der Waals surface area contributed by atoms with Crippen LogP contribution in [0.3, 0.4) is 0 Å². The smallest absolute Gasteiger partial charge is 0.181 e. The topological polar surface area (TPSA) is 67.6 Å². The molecule has 70 valence electrons. The summed E-state index contributed by atoms with van der Waals surface area (Å²) < 4.78 is 14.2. The molecule has 3 aromatic rings. The number of halogens is 1. The summed E-state index contributed by atoms with van der Waals surface area (Å²) in [4.78, 5) is 3.92. The molecule has 2 heterocycles. The van der Waals surface area contributed by atoms with E-state index in [2.05, 4.69) is 15.2 Å². The monoisotopic (exact) mass is 208 g/mol. The third-order valence-electron chi connectivity index (χ3n) is 2.05. The van der Waals surface area contributed by atoms with Crippen LogP contribution in [0.4, 0.5) is 9.52 Å². The number of nitrogens with zero attached hydrogens (tertiary/aromatic N) is 2. The fourth-order valence-corrected chi connectivity index (χ4v) is 2.32. The van der Waals surface area contributed by atoms with Crippen molar-refractivity contribution in [2.75, 3.05) is 5.73 Å². The minimum atomic E-state index is -0.371. The van der Waals surface area contributed by atoms with E-state index in [0.717, 1.165) is 10.1 Å². The molecule has 0 unspecified atom stereocenters. The maximum Gasteiger partial charge on any atom is 0.181 e. The Kier molecular flexibility index (Phi) is 1.33. The number of anilines is 1. The Morgan fingerprint density at radius 3 is 3.21 bits per heavy atom. The van der Waals surface area contributed by atoms with Crippen molar-refractivity contribution in [3.8, 4) is 0 Å². The number of hydrogen-bond donors (Lipinski definition) is 2. The molecule has 0 aliphatic heterocycles. The van der Waals surface area contributed by atoms with Gasteiger partial charge >= 0.3 is 0 Å². The number of aromatic nitrogens is 3. The van der Waals surface area contributed by atoms with Gasteiger partial charge in [0, 0.05) is 11.5 Å². The lowest BCUT2D eigenvalue weighted by Crippen LogP contribution is -1.82. The molecule has 0 amide bonds. The minimum absolute atomic E-state index is 0.321. The number of nitrogens with one attached hydrogen (secondary N) is 1. The standard InChI is InChI=1S/C8H5FN4S/c9-4-1-5-3(2-11-13-5)7-6(4)12-8(10)14-7/h1-2H,(H2,10,12)(H,11,13). The van der Waals surface area contributed by atoms with Crippen LogP contribution >= 0.6 is 11.3 Å². The lowest BCUT2D eigenvalue weighted by Gasteiger charge is -1.91. The summed E-state index contributed by atoms with van der Waals surface area (Å²) in [5.74, 6) is -0.371. The third kappa shape index (κ3) is 0.856. The molecule has 0 spiro atoms. The number of nitrogen functional groups attached to an aromatic ring is 1. The van der Waals surface area contributed by atoms with E-state index in [0.29, 0.717) is 16.2 Å². The molecule has 3 N–H and O–H groups in total. The summed E-state index contributed by atoms with van der Waals surface area (Å²) in [6, 6.07) is 1.38. The van der Waals surface area contributed by atoms with Gasteiger partial charge in [-0.2, -0.15) is 5.10 Å². The van der Waals surface area contributed by atoms with Crippen molar-refractivity contribution in [1.82, 2.24) is 15.2 Å². The van der Waals surface area contributed by atoms with E-state index in [-0.39, 0.29) is 5.82 Å². The molecule has 0 fully saturated rings. The zero-order valence-corrected chi connectivity index (χ0v) is 7.73. The maximum atomic E-state index is 13.4. The quantitative estimate of drug-likeness (QED) is 0.592. The molecule has 6 heteroatoms. The number of fused-ring (bicyclic) bond motifs is 3. The SMILES string of the molecule is Nc1nc2c(F)cc3[nH]ncc3c2s1. The summed E-state index contributed by atoms with van der Waals surface area (Å²) in [6.07, 6.45) is 1.65. The molecular formula is C8H5FN4S. The second-order valence-electron chi connectivity index (χ2n) is 2.92. The van der Waals surface area contributed by atoms with Crippen LogP contribution in [0.2, 0.25) is 0 Å². The predicted molar refractivity (Wildman–Crippen MR) is 53.6 cm³/mol. The van der Waals surface area contributed by atoms with Crippen LogP contribution in [-0.2, 0) is 0 Å². The highest BCUT2D eigenvalue weighted by Crippen LogP contribution is 2.32. The van der Waals surface area contributed by atoms with Crippen molar-refractivity contribution >= 4 is 37.6 Å². The summed E-state index contributed by atoms with van der Waals surface area (Å²) in [5.41, 5.74) is 6.52. The average Bonchev–Trinajstić information content (AvgIpc) is 2.69. The highest BCUT2D eigenvalue weighted by atomic mass is 32.1.